The summed E-state index contributed by atoms with van der Waals surface area (Å²) in [6.45, 7) is 1.48. The van der Waals surface area contributed by atoms with Crippen molar-refractivity contribution in [1.29, 1.82) is 0 Å². The largest absolute Gasteiger partial charge is 0.324 e. The third-order valence-electron chi connectivity index (χ3n) is 3.30. The molecule has 24 heavy (non-hydrogen) atoms. The molecule has 0 aromatic heterocycles. The van der Waals surface area contributed by atoms with Crippen molar-refractivity contribution in [2.75, 3.05) is 22.4 Å². The van der Waals surface area contributed by atoms with Crippen molar-refractivity contribution < 1.29 is 13.2 Å². The number of nitrogens with zero attached hydrogens (tertiary/aromatic N) is 1. The molecule has 0 saturated heterocycles. The van der Waals surface area contributed by atoms with Gasteiger partial charge >= 0.3 is 0 Å². The highest BCUT2D eigenvalue weighted by atomic mass is 35.5. The number of hydrogen-bond donors (Lipinski definition) is 1. The average Bonchev–Trinajstić information content (AvgIpc) is 2.49. The van der Waals surface area contributed by atoms with E-state index in [1.165, 1.54) is 18.2 Å². The Morgan fingerprint density at radius 2 is 1.79 bits per heavy atom. The summed E-state index contributed by atoms with van der Waals surface area (Å²) in [5.41, 5.74) is 1.78. The monoisotopic (exact) mass is 386 g/mol. The van der Waals surface area contributed by atoms with Crippen LogP contribution < -0.4 is 9.62 Å². The lowest BCUT2D eigenvalue weighted by molar-refractivity contribution is -0.114. The predicted octanol–water partition coefficient (Wildman–Crippen LogP) is 3.71. The minimum Gasteiger partial charge on any atom is -0.324 e. The molecule has 0 bridgehead atoms. The van der Waals surface area contributed by atoms with Crippen LogP contribution in [0.15, 0.2) is 42.5 Å². The van der Waals surface area contributed by atoms with Gasteiger partial charge in [0.1, 0.15) is 6.54 Å². The quantitative estimate of drug-likeness (QED) is 0.851. The second-order valence-corrected chi connectivity index (χ2v) is 7.95. The van der Waals surface area contributed by atoms with Crippen molar-refractivity contribution in [2.45, 2.75) is 6.92 Å². The molecule has 5 nitrogen and oxygen atoms in total. The number of halogens is 2. The molecule has 0 atom stereocenters. The van der Waals surface area contributed by atoms with Crippen LogP contribution in [0.25, 0.3) is 0 Å². The van der Waals surface area contributed by atoms with E-state index in [-0.39, 0.29) is 17.3 Å². The number of benzene rings is 2. The van der Waals surface area contributed by atoms with Gasteiger partial charge in [-0.2, -0.15) is 0 Å². The van der Waals surface area contributed by atoms with Gasteiger partial charge in [0, 0.05) is 5.69 Å². The van der Waals surface area contributed by atoms with Crippen LogP contribution in [-0.2, 0) is 14.8 Å². The fourth-order valence-corrected chi connectivity index (χ4v) is 3.21. The fraction of sp³-hybridized carbons (Fsp3) is 0.188. The van der Waals surface area contributed by atoms with Gasteiger partial charge in [-0.05, 0) is 36.8 Å². The number of anilines is 2. The van der Waals surface area contributed by atoms with Gasteiger partial charge in [0.15, 0.2) is 0 Å². The number of nitrogens with one attached hydrogen (secondary N) is 1. The third-order valence-corrected chi connectivity index (χ3v) is 5.18. The second-order valence-electron chi connectivity index (χ2n) is 5.23. The Kier molecular flexibility index (Phi) is 5.74. The molecular weight excluding hydrogens is 371 g/mol. The number of hydrogen-bond acceptors (Lipinski definition) is 3. The van der Waals surface area contributed by atoms with Crippen LogP contribution in [-0.4, -0.2) is 27.1 Å². The van der Waals surface area contributed by atoms with Crippen LogP contribution in [0.4, 0.5) is 11.4 Å². The second kappa shape index (κ2) is 7.42. The van der Waals surface area contributed by atoms with Gasteiger partial charge < -0.3 is 5.32 Å². The Balaban J connectivity index is 2.25. The van der Waals surface area contributed by atoms with Crippen molar-refractivity contribution in [3.8, 4) is 0 Å². The van der Waals surface area contributed by atoms with Crippen molar-refractivity contribution in [3.63, 3.8) is 0 Å². The maximum atomic E-state index is 12.3. The number of amides is 1. The number of carbonyl (C=O) groups is 1. The topological polar surface area (TPSA) is 66.5 Å². The van der Waals surface area contributed by atoms with Crippen molar-refractivity contribution in [3.05, 3.63) is 58.1 Å². The van der Waals surface area contributed by atoms with E-state index in [0.29, 0.717) is 10.7 Å². The minimum atomic E-state index is -3.67. The zero-order valence-corrected chi connectivity index (χ0v) is 15.4. The molecule has 2 rings (SSSR count). The van der Waals surface area contributed by atoms with Gasteiger partial charge in [-0.25, -0.2) is 8.42 Å². The van der Waals surface area contributed by atoms with E-state index < -0.39 is 15.9 Å². The summed E-state index contributed by atoms with van der Waals surface area (Å²) in [5, 5.41) is 3.22. The number of para-hydroxylation sites is 1. The lowest BCUT2D eigenvalue weighted by Crippen LogP contribution is -2.37. The number of sulfonamides is 1. The van der Waals surface area contributed by atoms with E-state index in [4.69, 9.17) is 23.2 Å². The highest BCUT2D eigenvalue weighted by Gasteiger charge is 2.21. The minimum absolute atomic E-state index is 0.210. The highest BCUT2D eigenvalue weighted by Crippen LogP contribution is 2.28. The van der Waals surface area contributed by atoms with Gasteiger partial charge in [0.05, 0.1) is 22.0 Å². The summed E-state index contributed by atoms with van der Waals surface area (Å²) < 4.78 is 25.1. The molecule has 0 aliphatic rings. The van der Waals surface area contributed by atoms with Crippen molar-refractivity contribution in [1.82, 2.24) is 0 Å². The van der Waals surface area contributed by atoms with E-state index in [1.807, 2.05) is 19.1 Å². The van der Waals surface area contributed by atoms with Gasteiger partial charge in [-0.15, -0.1) is 0 Å². The molecule has 0 spiro atoms. The van der Waals surface area contributed by atoms with E-state index in [0.717, 1.165) is 16.1 Å². The Morgan fingerprint density at radius 1 is 1.12 bits per heavy atom. The molecule has 0 heterocycles. The molecule has 2 aromatic carbocycles. The van der Waals surface area contributed by atoms with Gasteiger partial charge in [-0.3, -0.25) is 9.10 Å². The zero-order chi connectivity index (χ0) is 17.9. The number of aryl methyl sites for hydroxylation is 1. The Hall–Kier alpha value is -1.76. The van der Waals surface area contributed by atoms with Crippen LogP contribution in [0.1, 0.15) is 5.56 Å². The molecule has 1 amide bonds. The summed E-state index contributed by atoms with van der Waals surface area (Å²) in [6, 6.07) is 11.6. The molecular formula is C16H16Cl2N2O3S. The molecule has 8 heteroatoms. The SMILES string of the molecule is Cc1ccccc1NC(=O)CN(c1ccc(Cl)c(Cl)c1)S(C)(=O)=O. The molecule has 2 aromatic rings. The number of rotatable bonds is 5. The summed E-state index contributed by atoms with van der Waals surface area (Å²) in [6.07, 6.45) is 1.02. The Morgan fingerprint density at radius 3 is 2.38 bits per heavy atom. The fourth-order valence-electron chi connectivity index (χ4n) is 2.07. The average molecular weight is 387 g/mol. The lowest BCUT2D eigenvalue weighted by atomic mass is 10.2. The van der Waals surface area contributed by atoms with Crippen LogP contribution in [0, 0.1) is 6.92 Å². The smallest absolute Gasteiger partial charge is 0.245 e. The molecule has 128 valence electrons. The van der Waals surface area contributed by atoms with Gasteiger partial charge in [0.2, 0.25) is 15.9 Å². The first-order valence-corrected chi connectivity index (χ1v) is 9.57. The van der Waals surface area contributed by atoms with Crippen LogP contribution in [0.5, 0.6) is 0 Å². The van der Waals surface area contributed by atoms with Crippen molar-refractivity contribution >= 4 is 50.5 Å². The summed E-state index contributed by atoms with van der Waals surface area (Å²) in [7, 11) is -3.67. The van der Waals surface area contributed by atoms with Gasteiger partial charge in [0.25, 0.3) is 0 Å². The van der Waals surface area contributed by atoms with Crippen LogP contribution in [0.3, 0.4) is 0 Å². The van der Waals surface area contributed by atoms with E-state index in [1.54, 1.807) is 12.1 Å². The lowest BCUT2D eigenvalue weighted by Gasteiger charge is -2.22. The van der Waals surface area contributed by atoms with Crippen LogP contribution in [0.2, 0.25) is 10.0 Å². The number of carbonyl (C=O) groups excluding carboxylic acids is 1. The molecule has 0 aliphatic heterocycles. The Labute approximate surface area is 151 Å². The summed E-state index contributed by atoms with van der Waals surface area (Å²) in [4.78, 5) is 12.3. The zero-order valence-electron chi connectivity index (χ0n) is 13.1. The summed E-state index contributed by atoms with van der Waals surface area (Å²) in [5.74, 6) is -0.458. The van der Waals surface area contributed by atoms with E-state index in [9.17, 15) is 13.2 Å². The predicted molar refractivity (Wildman–Crippen MR) is 98.5 cm³/mol. The molecule has 0 saturated carbocycles. The van der Waals surface area contributed by atoms with E-state index in [2.05, 4.69) is 5.32 Å². The summed E-state index contributed by atoms with van der Waals surface area (Å²) >= 11 is 11.8. The first-order chi connectivity index (χ1) is 11.2. The molecule has 0 aliphatic carbocycles. The van der Waals surface area contributed by atoms with Crippen LogP contribution >= 0.6 is 23.2 Å². The first kappa shape index (κ1) is 18.6. The van der Waals surface area contributed by atoms with Crippen molar-refractivity contribution in [2.24, 2.45) is 0 Å². The molecule has 0 fully saturated rings. The van der Waals surface area contributed by atoms with Gasteiger partial charge in [-0.1, -0.05) is 41.4 Å². The standard InChI is InChI=1S/C16H16Cl2N2O3S/c1-11-5-3-4-6-15(11)19-16(21)10-20(24(2,22)23)12-7-8-13(17)14(18)9-12/h3-9H,10H2,1-2H3,(H,19,21). The maximum absolute atomic E-state index is 12.3. The first-order valence-electron chi connectivity index (χ1n) is 6.97. The molecule has 0 radical (unpaired) electrons. The Bertz CT molecular complexity index is 869. The van der Waals surface area contributed by atoms with E-state index >= 15 is 0 Å². The highest BCUT2D eigenvalue weighted by molar-refractivity contribution is 7.92. The third kappa shape index (κ3) is 4.63. The molecule has 0 unspecified atom stereocenters. The maximum Gasteiger partial charge on any atom is 0.245 e. The normalized spacial score (nSPS) is 11.2. The molecule has 1 N–H and O–H groups in total.